The third-order valence-electron chi connectivity index (χ3n) is 14.9. The lowest BCUT2D eigenvalue weighted by Gasteiger charge is -2.41. The summed E-state index contributed by atoms with van der Waals surface area (Å²) in [6.45, 7) is 25.3. The lowest BCUT2D eigenvalue weighted by atomic mass is 10.1. The lowest BCUT2D eigenvalue weighted by molar-refractivity contribution is -0.138. The summed E-state index contributed by atoms with van der Waals surface area (Å²) < 4.78 is 38.1. The number of carbonyl (C=O) groups excluding carboxylic acids is 3. The molecule has 3 atom stereocenters. The predicted octanol–water partition coefficient (Wildman–Crippen LogP) is 5.25. The fourth-order valence-corrected chi connectivity index (χ4v) is 10.7. The van der Waals surface area contributed by atoms with E-state index in [0.717, 1.165) is 140 Å². The number of halogens is 6. The molecular weight excluding hydrogens is 1020 g/mol. The molecule has 6 aliphatic rings. The van der Waals surface area contributed by atoms with Gasteiger partial charge in [0.1, 0.15) is 0 Å². The van der Waals surface area contributed by atoms with Gasteiger partial charge in [-0.05, 0) is 101 Å². The average Bonchev–Trinajstić information content (AvgIpc) is 3.41. The summed E-state index contributed by atoms with van der Waals surface area (Å²) >= 11 is 18.0. The fourth-order valence-electron chi connectivity index (χ4n) is 10.3. The van der Waals surface area contributed by atoms with E-state index in [2.05, 4.69) is 75.2 Å². The minimum atomic E-state index is -4.32. The van der Waals surface area contributed by atoms with Crippen LogP contribution in [-0.2, 0) is 20.6 Å². The van der Waals surface area contributed by atoms with Crippen molar-refractivity contribution < 1.29 is 27.6 Å². The highest BCUT2D eigenvalue weighted by molar-refractivity contribution is 6.42. The second-order valence-corrected chi connectivity index (χ2v) is 21.8. The van der Waals surface area contributed by atoms with Crippen molar-refractivity contribution in [2.24, 2.45) is 0 Å². The van der Waals surface area contributed by atoms with Crippen LogP contribution in [0.2, 0.25) is 15.1 Å². The monoisotopic (exact) mass is 1090 g/mol. The highest BCUT2D eigenvalue weighted by Gasteiger charge is 2.35. The highest BCUT2D eigenvalue weighted by atomic mass is 35.5. The second-order valence-electron chi connectivity index (χ2n) is 20.5. The Labute approximate surface area is 451 Å². The third kappa shape index (κ3) is 15.7. The van der Waals surface area contributed by atoms with Crippen LogP contribution in [0.5, 0.6) is 0 Å². The van der Waals surface area contributed by atoms with Gasteiger partial charge in [-0.1, -0.05) is 34.8 Å². The van der Waals surface area contributed by atoms with Gasteiger partial charge in [0.25, 0.3) is 0 Å². The first-order valence-electron chi connectivity index (χ1n) is 26.2. The number of nitrogens with zero attached hydrogens (tertiary/aromatic N) is 9. The maximum absolute atomic E-state index is 12.8. The number of rotatable bonds is 8. The van der Waals surface area contributed by atoms with Crippen molar-refractivity contribution in [1.29, 1.82) is 0 Å². The smallest absolute Gasteiger partial charge is 0.368 e. The Hall–Kier alpha value is -4.11. The standard InChI is InChI=1S/C19H27F3N4O.C18H27ClN4O.C16H22Cl2N4O/c1-14(2)26-8-7-23-17(13-26)18(27)25-11-9-24(10-12-25)16-5-3-15(4-6-16)19(20,21)22;1-14(2)23-8-7-20-17(13-23)18(24)22-11-9-21(10-12-22)16-5-3-15(19)4-6-16;1-20-5-4-19-15(11-20)16(23)22-8-6-21(7-9-22)12-2-3-13(17)14(18)10-12/h3-6,14,17,23H,7-13H2,1-2H3;3-6,14,17,20H,7-13H2,1-2H3;2-3,10,15,19H,4-9,11H2,1H3/t2*17-;15-/m111/s1. The van der Waals surface area contributed by atoms with Gasteiger partial charge < -0.3 is 50.2 Å². The topological polar surface area (TPSA) is 116 Å². The van der Waals surface area contributed by atoms with E-state index in [1.165, 1.54) is 17.8 Å². The second kappa shape index (κ2) is 26.8. The zero-order valence-electron chi connectivity index (χ0n) is 43.6. The van der Waals surface area contributed by atoms with Crippen LogP contribution in [0.3, 0.4) is 0 Å². The molecule has 9 rings (SSSR count). The van der Waals surface area contributed by atoms with Crippen molar-refractivity contribution in [3.8, 4) is 0 Å². The maximum Gasteiger partial charge on any atom is 0.416 e. The molecule has 0 spiro atoms. The molecule has 3 amide bonds. The van der Waals surface area contributed by atoms with Crippen molar-refractivity contribution in [1.82, 2.24) is 45.3 Å². The first-order chi connectivity index (χ1) is 35.3. The molecule has 21 heteroatoms. The number of benzene rings is 3. The van der Waals surface area contributed by atoms with E-state index in [-0.39, 0.29) is 35.8 Å². The number of alkyl halides is 3. The van der Waals surface area contributed by atoms with Gasteiger partial charge in [0, 0.05) is 172 Å². The van der Waals surface area contributed by atoms with Crippen LogP contribution in [-0.4, -0.2) is 222 Å². The van der Waals surface area contributed by atoms with Crippen molar-refractivity contribution >= 4 is 69.6 Å². The fraction of sp³-hybridized carbons (Fsp3) is 0.604. The Morgan fingerprint density at radius 3 is 1.23 bits per heavy atom. The van der Waals surface area contributed by atoms with Gasteiger partial charge in [0.2, 0.25) is 17.7 Å². The molecule has 0 bridgehead atoms. The zero-order chi connectivity index (χ0) is 53.1. The summed E-state index contributed by atoms with van der Waals surface area (Å²) in [5.74, 6) is 0.578. The minimum absolute atomic E-state index is 0.0665. The van der Waals surface area contributed by atoms with Crippen molar-refractivity contribution in [2.45, 2.75) is 64.1 Å². The van der Waals surface area contributed by atoms with Gasteiger partial charge in [-0.25, -0.2) is 0 Å². The van der Waals surface area contributed by atoms with Gasteiger partial charge in [0.05, 0.1) is 33.7 Å². The van der Waals surface area contributed by atoms with E-state index < -0.39 is 11.7 Å². The van der Waals surface area contributed by atoms with Gasteiger partial charge in [0.15, 0.2) is 0 Å². The van der Waals surface area contributed by atoms with E-state index in [4.69, 9.17) is 34.8 Å². The number of nitrogens with one attached hydrogen (secondary N) is 3. The molecule has 0 saturated carbocycles. The van der Waals surface area contributed by atoms with E-state index in [0.29, 0.717) is 48.3 Å². The Kier molecular flexibility index (Phi) is 20.8. The minimum Gasteiger partial charge on any atom is -0.368 e. The third-order valence-corrected chi connectivity index (χ3v) is 15.9. The molecule has 6 saturated heterocycles. The highest BCUT2D eigenvalue weighted by Crippen LogP contribution is 2.31. The number of anilines is 3. The summed E-state index contributed by atoms with van der Waals surface area (Å²) in [6, 6.07) is 19.4. The van der Waals surface area contributed by atoms with E-state index in [1.54, 1.807) is 0 Å². The summed E-state index contributed by atoms with van der Waals surface area (Å²) in [5.41, 5.74) is 2.35. The van der Waals surface area contributed by atoms with Crippen molar-refractivity contribution in [3.05, 3.63) is 87.4 Å². The SMILES string of the molecule is CC(C)N1CCN[C@@H](C(=O)N2CCN(c3ccc(C(F)(F)F)cc3)CC2)C1.CC(C)N1CCN[C@@H](C(=O)N2CCN(c3ccc(Cl)cc3)CC2)C1.CN1CCN[C@@H](C(=O)N2CCN(c3ccc(Cl)c(Cl)c3)CC2)C1. The molecule has 6 fully saturated rings. The molecule has 74 heavy (non-hydrogen) atoms. The largest absolute Gasteiger partial charge is 0.416 e. The first kappa shape index (κ1) is 57.6. The Balaban J connectivity index is 0.000000163. The lowest BCUT2D eigenvalue weighted by Crippen LogP contribution is -2.61. The number of carbonyl (C=O) groups is 3. The van der Waals surface area contributed by atoms with Gasteiger partial charge in [-0.15, -0.1) is 0 Å². The Morgan fingerprint density at radius 1 is 0.486 bits per heavy atom. The molecule has 0 aliphatic carbocycles. The predicted molar refractivity (Wildman–Crippen MR) is 292 cm³/mol. The number of likely N-dealkylation sites (N-methyl/N-ethyl adjacent to an activating group) is 1. The van der Waals surface area contributed by atoms with Gasteiger partial charge in [-0.2, -0.15) is 13.2 Å². The molecule has 3 aromatic rings. The molecular formula is C53H76Cl3F3N12O3. The van der Waals surface area contributed by atoms with Crippen LogP contribution >= 0.6 is 34.8 Å². The number of piperazine rings is 6. The summed E-state index contributed by atoms with van der Waals surface area (Å²) in [6.07, 6.45) is -4.32. The normalized spacial score (nSPS) is 22.8. The summed E-state index contributed by atoms with van der Waals surface area (Å²) in [7, 11) is 2.06. The van der Waals surface area contributed by atoms with E-state index in [9.17, 15) is 27.6 Å². The van der Waals surface area contributed by atoms with E-state index >= 15 is 0 Å². The van der Waals surface area contributed by atoms with Crippen LogP contribution < -0.4 is 30.7 Å². The molecule has 3 aromatic carbocycles. The molecule has 3 N–H and O–H groups in total. The van der Waals surface area contributed by atoms with Crippen LogP contribution in [0.4, 0.5) is 30.2 Å². The first-order valence-corrected chi connectivity index (χ1v) is 27.3. The molecule has 6 heterocycles. The van der Waals surface area contributed by atoms with Crippen molar-refractivity contribution in [2.75, 3.05) is 159 Å². The summed E-state index contributed by atoms with van der Waals surface area (Å²) in [5, 5.41) is 11.9. The molecule has 0 aromatic heterocycles. The number of amides is 3. The maximum atomic E-state index is 12.8. The molecule has 0 unspecified atom stereocenters. The van der Waals surface area contributed by atoms with Crippen LogP contribution in [0.1, 0.15) is 33.3 Å². The Morgan fingerprint density at radius 2 is 0.851 bits per heavy atom. The van der Waals surface area contributed by atoms with Crippen LogP contribution in [0, 0.1) is 0 Å². The van der Waals surface area contributed by atoms with Crippen LogP contribution in [0.25, 0.3) is 0 Å². The zero-order valence-corrected chi connectivity index (χ0v) is 45.9. The van der Waals surface area contributed by atoms with E-state index in [1.807, 2.05) is 62.1 Å². The van der Waals surface area contributed by atoms with Gasteiger partial charge in [-0.3, -0.25) is 24.2 Å². The molecule has 408 valence electrons. The quantitative estimate of drug-likeness (QED) is 0.274. The number of hydrogen-bond donors (Lipinski definition) is 3. The molecule has 0 radical (unpaired) electrons. The summed E-state index contributed by atoms with van der Waals surface area (Å²) in [4.78, 5) is 57.5. The van der Waals surface area contributed by atoms with Gasteiger partial charge >= 0.3 is 6.18 Å². The average molecular weight is 1090 g/mol. The van der Waals surface area contributed by atoms with Crippen molar-refractivity contribution in [3.63, 3.8) is 0 Å². The Bertz CT molecular complexity index is 2280. The number of hydrogen-bond acceptors (Lipinski definition) is 12. The molecule has 15 nitrogen and oxygen atoms in total. The molecule has 6 aliphatic heterocycles. The van der Waals surface area contributed by atoms with Crippen LogP contribution in [0.15, 0.2) is 66.7 Å².